The van der Waals surface area contributed by atoms with Crippen LogP contribution in [0.15, 0.2) is 0 Å². The van der Waals surface area contributed by atoms with Crippen LogP contribution >= 0.6 is 0 Å². The topological polar surface area (TPSA) is 55.1 Å². The molecule has 1 aliphatic heterocycles. The number of nitrogens with two attached hydrogens (primary N) is 1. The van der Waals surface area contributed by atoms with Crippen molar-refractivity contribution in [2.24, 2.45) is 17.6 Å². The smallest absolute Gasteiger partial charge is 0.217 e. The SMILES string of the molecule is NC(=O)CCC1CNC2CCCCC12. The Kier molecular flexibility index (Phi) is 3.06. The number of carbonyl (C=O) groups is 1. The zero-order valence-corrected chi connectivity index (χ0v) is 8.67. The molecule has 3 unspecified atom stereocenters. The van der Waals surface area contributed by atoms with Gasteiger partial charge < -0.3 is 11.1 Å². The second kappa shape index (κ2) is 4.30. The lowest BCUT2D eigenvalue weighted by molar-refractivity contribution is -0.118. The Bertz CT molecular complexity index is 217. The van der Waals surface area contributed by atoms with Gasteiger partial charge in [0.05, 0.1) is 0 Å². The number of rotatable bonds is 3. The highest BCUT2D eigenvalue weighted by Crippen LogP contribution is 2.36. The summed E-state index contributed by atoms with van der Waals surface area (Å²) < 4.78 is 0. The second-order valence-corrected chi connectivity index (χ2v) is 4.73. The van der Waals surface area contributed by atoms with Crippen molar-refractivity contribution >= 4 is 5.91 Å². The van der Waals surface area contributed by atoms with Gasteiger partial charge in [-0.15, -0.1) is 0 Å². The molecule has 3 nitrogen and oxygen atoms in total. The van der Waals surface area contributed by atoms with E-state index in [9.17, 15) is 4.79 Å². The van der Waals surface area contributed by atoms with E-state index in [1.165, 1.54) is 25.7 Å². The lowest BCUT2D eigenvalue weighted by Gasteiger charge is -2.28. The van der Waals surface area contributed by atoms with Crippen LogP contribution in [0.25, 0.3) is 0 Å². The summed E-state index contributed by atoms with van der Waals surface area (Å²) in [6.45, 7) is 1.10. The summed E-state index contributed by atoms with van der Waals surface area (Å²) in [5.41, 5.74) is 5.18. The number of hydrogen-bond acceptors (Lipinski definition) is 2. The molecule has 0 spiro atoms. The number of fused-ring (bicyclic) bond motifs is 1. The largest absolute Gasteiger partial charge is 0.370 e. The van der Waals surface area contributed by atoms with Crippen LogP contribution in [0.5, 0.6) is 0 Å². The Balaban J connectivity index is 1.84. The minimum atomic E-state index is -0.149. The van der Waals surface area contributed by atoms with Gasteiger partial charge in [-0.1, -0.05) is 12.8 Å². The molecular formula is C11H20N2O. The number of amides is 1. The van der Waals surface area contributed by atoms with Crippen molar-refractivity contribution in [3.05, 3.63) is 0 Å². The first-order chi connectivity index (χ1) is 6.77. The molecule has 1 saturated carbocycles. The Morgan fingerprint density at radius 1 is 1.36 bits per heavy atom. The molecule has 2 aliphatic rings. The molecule has 1 heterocycles. The van der Waals surface area contributed by atoms with Gasteiger partial charge in [-0.2, -0.15) is 0 Å². The lowest BCUT2D eigenvalue weighted by atomic mass is 9.78. The lowest BCUT2D eigenvalue weighted by Crippen LogP contribution is -2.30. The van der Waals surface area contributed by atoms with Gasteiger partial charge in [0.25, 0.3) is 0 Å². The molecule has 0 aromatic rings. The summed E-state index contributed by atoms with van der Waals surface area (Å²) in [5.74, 6) is 1.38. The first-order valence-electron chi connectivity index (χ1n) is 5.79. The number of carbonyl (C=O) groups excluding carboxylic acids is 1. The third kappa shape index (κ3) is 2.08. The van der Waals surface area contributed by atoms with E-state index in [2.05, 4.69) is 5.32 Å². The highest BCUT2D eigenvalue weighted by molar-refractivity contribution is 5.73. The van der Waals surface area contributed by atoms with E-state index in [0.29, 0.717) is 12.3 Å². The van der Waals surface area contributed by atoms with Crippen LogP contribution in [-0.4, -0.2) is 18.5 Å². The van der Waals surface area contributed by atoms with Gasteiger partial charge in [0.15, 0.2) is 0 Å². The van der Waals surface area contributed by atoms with Gasteiger partial charge in [0.1, 0.15) is 0 Å². The van der Waals surface area contributed by atoms with E-state index in [-0.39, 0.29) is 5.91 Å². The fourth-order valence-corrected chi connectivity index (χ4v) is 3.08. The van der Waals surface area contributed by atoms with Crippen molar-refractivity contribution in [1.29, 1.82) is 0 Å². The molecule has 0 aromatic heterocycles. The minimum absolute atomic E-state index is 0.149. The molecule has 0 bridgehead atoms. The summed E-state index contributed by atoms with van der Waals surface area (Å²) >= 11 is 0. The van der Waals surface area contributed by atoms with Crippen LogP contribution in [0.1, 0.15) is 38.5 Å². The van der Waals surface area contributed by atoms with Crippen LogP contribution in [0.3, 0.4) is 0 Å². The monoisotopic (exact) mass is 196 g/mol. The van der Waals surface area contributed by atoms with E-state index in [1.807, 2.05) is 0 Å². The highest BCUT2D eigenvalue weighted by Gasteiger charge is 2.36. The molecule has 2 fully saturated rings. The molecule has 3 heteroatoms. The third-order valence-electron chi connectivity index (χ3n) is 3.83. The summed E-state index contributed by atoms with van der Waals surface area (Å²) in [7, 11) is 0. The predicted molar refractivity (Wildman–Crippen MR) is 55.7 cm³/mol. The quantitative estimate of drug-likeness (QED) is 0.708. The molecule has 0 aromatic carbocycles. The molecule has 3 atom stereocenters. The molecular weight excluding hydrogens is 176 g/mol. The van der Waals surface area contributed by atoms with Gasteiger partial charge in [0, 0.05) is 12.5 Å². The van der Waals surface area contributed by atoms with E-state index in [0.717, 1.165) is 24.9 Å². The van der Waals surface area contributed by atoms with E-state index in [1.54, 1.807) is 0 Å². The van der Waals surface area contributed by atoms with Crippen LogP contribution in [0.2, 0.25) is 0 Å². The maximum absolute atomic E-state index is 10.7. The predicted octanol–water partition coefficient (Wildman–Crippen LogP) is 1.03. The van der Waals surface area contributed by atoms with E-state index in [4.69, 9.17) is 5.73 Å². The first kappa shape index (κ1) is 9.97. The van der Waals surface area contributed by atoms with E-state index < -0.39 is 0 Å². The van der Waals surface area contributed by atoms with Crippen molar-refractivity contribution < 1.29 is 4.79 Å². The summed E-state index contributed by atoms with van der Waals surface area (Å²) in [4.78, 5) is 10.7. The number of hydrogen-bond donors (Lipinski definition) is 2. The van der Waals surface area contributed by atoms with Crippen LogP contribution < -0.4 is 11.1 Å². The Labute approximate surface area is 85.4 Å². The maximum atomic E-state index is 10.7. The van der Waals surface area contributed by atoms with Gasteiger partial charge in [0.2, 0.25) is 5.91 Å². The fourth-order valence-electron chi connectivity index (χ4n) is 3.08. The molecule has 1 amide bonds. The molecule has 1 saturated heterocycles. The normalized spacial score (nSPS) is 36.7. The zero-order valence-electron chi connectivity index (χ0n) is 8.67. The summed E-state index contributed by atoms with van der Waals surface area (Å²) in [6.07, 6.45) is 6.98. The van der Waals surface area contributed by atoms with Crippen LogP contribution in [-0.2, 0) is 4.79 Å². The second-order valence-electron chi connectivity index (χ2n) is 4.73. The van der Waals surface area contributed by atoms with Gasteiger partial charge in [-0.05, 0) is 37.6 Å². The first-order valence-corrected chi connectivity index (χ1v) is 5.79. The van der Waals surface area contributed by atoms with Crippen molar-refractivity contribution in [3.8, 4) is 0 Å². The summed E-state index contributed by atoms with van der Waals surface area (Å²) in [5, 5.41) is 3.58. The standard InChI is InChI=1S/C11H20N2O/c12-11(14)6-5-8-7-13-10-4-2-1-3-9(8)10/h8-10,13H,1-7H2,(H2,12,14). The van der Waals surface area contributed by atoms with E-state index >= 15 is 0 Å². The van der Waals surface area contributed by atoms with Gasteiger partial charge in [-0.3, -0.25) is 4.79 Å². The van der Waals surface area contributed by atoms with Gasteiger partial charge in [-0.25, -0.2) is 0 Å². The minimum Gasteiger partial charge on any atom is -0.370 e. The van der Waals surface area contributed by atoms with Crippen molar-refractivity contribution in [2.75, 3.05) is 6.54 Å². The molecule has 14 heavy (non-hydrogen) atoms. The molecule has 80 valence electrons. The van der Waals surface area contributed by atoms with Crippen molar-refractivity contribution in [2.45, 2.75) is 44.6 Å². The van der Waals surface area contributed by atoms with Gasteiger partial charge >= 0.3 is 0 Å². The molecule has 0 radical (unpaired) electrons. The zero-order chi connectivity index (χ0) is 9.97. The average molecular weight is 196 g/mol. The maximum Gasteiger partial charge on any atom is 0.217 e. The summed E-state index contributed by atoms with van der Waals surface area (Å²) in [6, 6.07) is 0.738. The fraction of sp³-hybridized carbons (Fsp3) is 0.909. The van der Waals surface area contributed by atoms with Crippen LogP contribution in [0.4, 0.5) is 0 Å². The molecule has 3 N–H and O–H groups in total. The Hall–Kier alpha value is -0.570. The van der Waals surface area contributed by atoms with Crippen LogP contribution in [0, 0.1) is 11.8 Å². The Morgan fingerprint density at radius 3 is 2.93 bits per heavy atom. The number of nitrogens with one attached hydrogen (secondary N) is 1. The molecule has 2 rings (SSSR count). The highest BCUT2D eigenvalue weighted by atomic mass is 16.1. The van der Waals surface area contributed by atoms with Crippen molar-refractivity contribution in [3.63, 3.8) is 0 Å². The third-order valence-corrected chi connectivity index (χ3v) is 3.83. The molecule has 1 aliphatic carbocycles. The average Bonchev–Trinajstić information content (AvgIpc) is 2.58. The number of primary amides is 1. The van der Waals surface area contributed by atoms with Crippen molar-refractivity contribution in [1.82, 2.24) is 5.32 Å². The Morgan fingerprint density at radius 2 is 2.14 bits per heavy atom.